The second-order valence-electron chi connectivity index (χ2n) is 5.87. The third kappa shape index (κ3) is 2.53. The monoisotopic (exact) mass is 270 g/mol. The number of benzene rings is 1. The van der Waals surface area contributed by atoms with Crippen molar-refractivity contribution in [2.75, 3.05) is 0 Å². The van der Waals surface area contributed by atoms with Crippen molar-refractivity contribution < 1.29 is 18.0 Å². The molecule has 1 aliphatic carbocycles. The van der Waals surface area contributed by atoms with Gasteiger partial charge in [-0.05, 0) is 30.4 Å². The molecule has 0 amide bonds. The summed E-state index contributed by atoms with van der Waals surface area (Å²) in [5, 5.41) is 0. The first-order valence-corrected chi connectivity index (χ1v) is 6.52. The first-order valence-electron chi connectivity index (χ1n) is 6.52. The summed E-state index contributed by atoms with van der Waals surface area (Å²) < 4.78 is 39.8. The maximum absolute atomic E-state index is 13.7. The summed E-state index contributed by atoms with van der Waals surface area (Å²) in [4.78, 5) is 12.4. The molecule has 0 radical (unpaired) electrons. The first kappa shape index (κ1) is 14.1. The second kappa shape index (κ2) is 4.99. The zero-order valence-corrected chi connectivity index (χ0v) is 11.1. The Morgan fingerprint density at radius 1 is 1.16 bits per heavy atom. The molecule has 1 unspecified atom stereocenters. The molecule has 1 fully saturated rings. The number of Topliss-reactive ketones (excluding diaryl/α,β-unsaturated/α-hetero) is 1. The summed E-state index contributed by atoms with van der Waals surface area (Å²) in [6.07, 6.45) is 3.50. The molecule has 0 bridgehead atoms. The van der Waals surface area contributed by atoms with E-state index in [2.05, 4.69) is 0 Å². The second-order valence-corrected chi connectivity index (χ2v) is 5.87. The Kier molecular flexibility index (Phi) is 3.70. The molecular formula is C15H17F3O. The SMILES string of the molecule is CC1(C)CCCCC1C(=O)c1ccc(F)c(F)c1F. The van der Waals surface area contributed by atoms with Crippen LogP contribution in [-0.4, -0.2) is 5.78 Å². The Labute approximate surface area is 110 Å². The van der Waals surface area contributed by atoms with Crippen LogP contribution >= 0.6 is 0 Å². The van der Waals surface area contributed by atoms with Gasteiger partial charge in [-0.15, -0.1) is 0 Å². The van der Waals surface area contributed by atoms with Gasteiger partial charge in [-0.25, -0.2) is 13.2 Å². The van der Waals surface area contributed by atoms with Crippen LogP contribution in [0.3, 0.4) is 0 Å². The number of hydrogen-bond donors (Lipinski definition) is 0. The Morgan fingerprint density at radius 2 is 1.84 bits per heavy atom. The van der Waals surface area contributed by atoms with Gasteiger partial charge in [0.25, 0.3) is 0 Å². The van der Waals surface area contributed by atoms with E-state index in [9.17, 15) is 18.0 Å². The Bertz CT molecular complexity index is 508. The molecule has 0 saturated heterocycles. The Morgan fingerprint density at radius 3 is 2.47 bits per heavy atom. The van der Waals surface area contributed by atoms with Gasteiger partial charge in [0, 0.05) is 5.92 Å². The third-order valence-electron chi connectivity index (χ3n) is 4.12. The number of carbonyl (C=O) groups is 1. The average molecular weight is 270 g/mol. The van der Waals surface area contributed by atoms with E-state index in [1.165, 1.54) is 0 Å². The molecule has 1 aromatic rings. The van der Waals surface area contributed by atoms with E-state index in [0.717, 1.165) is 31.4 Å². The van der Waals surface area contributed by atoms with Gasteiger partial charge < -0.3 is 0 Å². The summed E-state index contributed by atoms with van der Waals surface area (Å²) in [5.41, 5.74) is -0.564. The van der Waals surface area contributed by atoms with Gasteiger partial charge in [0.15, 0.2) is 23.2 Å². The lowest BCUT2D eigenvalue weighted by Crippen LogP contribution is -2.34. The fraction of sp³-hybridized carbons (Fsp3) is 0.533. The minimum absolute atomic E-state index is 0.230. The van der Waals surface area contributed by atoms with Gasteiger partial charge in [-0.3, -0.25) is 4.79 Å². The van der Waals surface area contributed by atoms with Crippen LogP contribution in [0, 0.1) is 28.8 Å². The van der Waals surface area contributed by atoms with E-state index in [4.69, 9.17) is 0 Å². The highest BCUT2D eigenvalue weighted by atomic mass is 19.2. The summed E-state index contributed by atoms with van der Waals surface area (Å²) in [7, 11) is 0. The molecule has 1 aliphatic rings. The van der Waals surface area contributed by atoms with Gasteiger partial charge in [0.1, 0.15) is 0 Å². The zero-order valence-electron chi connectivity index (χ0n) is 11.1. The van der Waals surface area contributed by atoms with E-state index >= 15 is 0 Å². The number of ketones is 1. The minimum Gasteiger partial charge on any atom is -0.294 e. The normalized spacial score (nSPS) is 22.3. The van der Waals surface area contributed by atoms with Crippen LogP contribution in [0.2, 0.25) is 0 Å². The highest BCUT2D eigenvalue weighted by molar-refractivity contribution is 5.98. The molecule has 1 atom stereocenters. The van der Waals surface area contributed by atoms with Crippen molar-refractivity contribution in [1.29, 1.82) is 0 Å². The van der Waals surface area contributed by atoms with Crippen molar-refractivity contribution in [3.8, 4) is 0 Å². The Balaban J connectivity index is 2.37. The van der Waals surface area contributed by atoms with Gasteiger partial charge in [-0.2, -0.15) is 0 Å². The van der Waals surface area contributed by atoms with Crippen LogP contribution in [0.5, 0.6) is 0 Å². The van der Waals surface area contributed by atoms with Gasteiger partial charge in [-0.1, -0.05) is 26.7 Å². The van der Waals surface area contributed by atoms with E-state index in [1.54, 1.807) is 0 Å². The highest BCUT2D eigenvalue weighted by Gasteiger charge is 2.38. The third-order valence-corrected chi connectivity index (χ3v) is 4.12. The smallest absolute Gasteiger partial charge is 0.195 e. The summed E-state index contributed by atoms with van der Waals surface area (Å²) in [5.74, 6) is -4.95. The molecule has 0 aromatic heterocycles. The van der Waals surface area contributed by atoms with Crippen molar-refractivity contribution in [3.63, 3.8) is 0 Å². The first-order chi connectivity index (χ1) is 8.84. The van der Waals surface area contributed by atoms with E-state index in [0.29, 0.717) is 6.42 Å². The maximum Gasteiger partial charge on any atom is 0.195 e. The largest absolute Gasteiger partial charge is 0.294 e. The standard InChI is InChI=1S/C15H17F3O/c1-15(2)8-4-3-5-10(15)14(19)9-6-7-11(16)13(18)12(9)17/h6-7,10H,3-5,8H2,1-2H3. The van der Waals surface area contributed by atoms with Crippen molar-refractivity contribution in [1.82, 2.24) is 0 Å². The molecule has 19 heavy (non-hydrogen) atoms. The zero-order chi connectivity index (χ0) is 14.2. The molecule has 0 aliphatic heterocycles. The fourth-order valence-corrected chi connectivity index (χ4v) is 2.88. The van der Waals surface area contributed by atoms with Gasteiger partial charge >= 0.3 is 0 Å². The van der Waals surface area contributed by atoms with Crippen LogP contribution < -0.4 is 0 Å². The lowest BCUT2D eigenvalue weighted by Gasteiger charge is -2.37. The minimum atomic E-state index is -1.57. The van der Waals surface area contributed by atoms with Crippen molar-refractivity contribution in [2.24, 2.45) is 11.3 Å². The van der Waals surface area contributed by atoms with Crippen LogP contribution in [0.25, 0.3) is 0 Å². The van der Waals surface area contributed by atoms with Crippen molar-refractivity contribution in [3.05, 3.63) is 35.1 Å². The fourth-order valence-electron chi connectivity index (χ4n) is 2.88. The highest BCUT2D eigenvalue weighted by Crippen LogP contribution is 2.42. The van der Waals surface area contributed by atoms with E-state index in [1.807, 2.05) is 13.8 Å². The topological polar surface area (TPSA) is 17.1 Å². The Hall–Kier alpha value is -1.32. The molecule has 4 heteroatoms. The number of halogens is 3. The summed E-state index contributed by atoms with van der Waals surface area (Å²) in [6, 6.07) is 1.85. The number of rotatable bonds is 2. The van der Waals surface area contributed by atoms with E-state index in [-0.39, 0.29) is 16.9 Å². The van der Waals surface area contributed by atoms with Gasteiger partial charge in [0.2, 0.25) is 0 Å². The summed E-state index contributed by atoms with van der Waals surface area (Å²) >= 11 is 0. The van der Waals surface area contributed by atoms with Crippen LogP contribution in [0.15, 0.2) is 12.1 Å². The predicted octanol–water partition coefficient (Wildman–Crippen LogP) is 4.50. The maximum atomic E-state index is 13.7. The lowest BCUT2D eigenvalue weighted by atomic mass is 9.66. The number of carbonyl (C=O) groups excluding carboxylic acids is 1. The lowest BCUT2D eigenvalue weighted by molar-refractivity contribution is 0.0692. The van der Waals surface area contributed by atoms with E-state index < -0.39 is 23.2 Å². The van der Waals surface area contributed by atoms with Crippen LogP contribution in [0.1, 0.15) is 49.9 Å². The average Bonchev–Trinajstić information content (AvgIpc) is 2.35. The molecule has 2 rings (SSSR count). The van der Waals surface area contributed by atoms with Crippen molar-refractivity contribution in [2.45, 2.75) is 39.5 Å². The number of hydrogen-bond acceptors (Lipinski definition) is 1. The molecule has 0 spiro atoms. The molecule has 0 heterocycles. The quantitative estimate of drug-likeness (QED) is 0.571. The van der Waals surface area contributed by atoms with Gasteiger partial charge in [0.05, 0.1) is 5.56 Å². The molecule has 1 nitrogen and oxygen atoms in total. The van der Waals surface area contributed by atoms with Crippen LogP contribution in [0.4, 0.5) is 13.2 Å². The van der Waals surface area contributed by atoms with Crippen LogP contribution in [-0.2, 0) is 0 Å². The predicted molar refractivity (Wildman–Crippen MR) is 66.4 cm³/mol. The molecule has 104 valence electrons. The molecule has 1 aromatic carbocycles. The molecule has 0 N–H and O–H groups in total. The van der Waals surface area contributed by atoms with Crippen molar-refractivity contribution >= 4 is 5.78 Å². The molecular weight excluding hydrogens is 253 g/mol. The summed E-state index contributed by atoms with van der Waals surface area (Å²) in [6.45, 7) is 3.93. The molecule has 1 saturated carbocycles.